The van der Waals surface area contributed by atoms with Crippen LogP contribution in [-0.4, -0.2) is 29.8 Å². The summed E-state index contributed by atoms with van der Waals surface area (Å²) >= 11 is 0. The average molecular weight is 496 g/mol. The molecule has 0 aliphatic carbocycles. The molecule has 2 atom stereocenters. The first-order valence-corrected chi connectivity index (χ1v) is 12.5. The molecule has 0 radical (unpaired) electrons. The number of hydrogen-bond donors (Lipinski definition) is 4. The van der Waals surface area contributed by atoms with Crippen molar-refractivity contribution < 1.29 is 24.2 Å². The fourth-order valence-electron chi connectivity index (χ4n) is 3.86. The van der Waals surface area contributed by atoms with Crippen molar-refractivity contribution in [3.05, 3.63) is 71.5 Å². The van der Waals surface area contributed by atoms with Gasteiger partial charge in [-0.3, -0.25) is 9.59 Å². The number of rotatable bonds is 12. The van der Waals surface area contributed by atoms with Crippen molar-refractivity contribution in [1.29, 1.82) is 0 Å². The number of aliphatic hydroxyl groups excluding tert-OH is 1. The van der Waals surface area contributed by atoms with Crippen molar-refractivity contribution in [2.45, 2.75) is 59.0 Å². The molecule has 8 heteroatoms. The minimum Gasteiger partial charge on any atom is -0.459 e. The third kappa shape index (κ3) is 8.39. The summed E-state index contributed by atoms with van der Waals surface area (Å²) in [6, 6.07) is 14.7. The number of nitrogens with two attached hydrogens (primary N) is 1. The fraction of sp³-hybridized carbons (Fsp3) is 0.429. The summed E-state index contributed by atoms with van der Waals surface area (Å²) < 4.78 is 11.9. The highest BCUT2D eigenvalue weighted by molar-refractivity contribution is 5.93. The number of hydrogen-bond acceptors (Lipinski definition) is 6. The lowest BCUT2D eigenvalue weighted by molar-refractivity contribution is -0.154. The molecule has 2 amide bonds. The number of amides is 2. The van der Waals surface area contributed by atoms with Gasteiger partial charge >= 0.3 is 0 Å². The number of para-hydroxylation sites is 2. The molecule has 5 N–H and O–H groups in total. The van der Waals surface area contributed by atoms with E-state index in [4.69, 9.17) is 15.2 Å². The number of ether oxygens (including phenoxy) is 2. The Labute approximate surface area is 212 Å². The normalized spacial score (nSPS) is 17.3. The van der Waals surface area contributed by atoms with Crippen LogP contribution >= 0.6 is 0 Å². The number of unbranched alkanes of at least 4 members (excludes halogenated alkanes) is 1. The van der Waals surface area contributed by atoms with Gasteiger partial charge in [0.15, 0.2) is 5.76 Å². The zero-order chi connectivity index (χ0) is 25.9. The molecule has 8 nitrogen and oxygen atoms in total. The van der Waals surface area contributed by atoms with Crippen LogP contribution in [0, 0.1) is 11.8 Å². The summed E-state index contributed by atoms with van der Waals surface area (Å²) in [5.41, 5.74) is 8.80. The van der Waals surface area contributed by atoms with Crippen LogP contribution in [0.2, 0.25) is 0 Å². The second-order valence-corrected chi connectivity index (χ2v) is 9.36. The van der Waals surface area contributed by atoms with Crippen LogP contribution < -0.4 is 16.4 Å². The smallest absolute Gasteiger partial charge is 0.286 e. The molecule has 36 heavy (non-hydrogen) atoms. The van der Waals surface area contributed by atoms with Gasteiger partial charge in [-0.2, -0.15) is 0 Å². The molecule has 0 unspecified atom stereocenters. The first kappa shape index (κ1) is 27.2. The van der Waals surface area contributed by atoms with Gasteiger partial charge < -0.3 is 30.9 Å². The van der Waals surface area contributed by atoms with Crippen molar-refractivity contribution in [2.75, 3.05) is 17.6 Å². The molecule has 0 aromatic heterocycles. The standard InChI is InChI=1S/C28H37N3O5/c1-19(2)22-15-25(36-27(16-22)35-18-21-12-10-20(17-32)11-13-21)28(34)30-14-6-5-9-26(33)31-24-8-4-3-7-23(24)29/h3-4,7-8,10-13,15,19,22,27,32H,5-6,9,14,16-18,29H2,1-2H3,(H,30,34)(H,31,33)/t22-,27+/m0/s1. The highest BCUT2D eigenvalue weighted by atomic mass is 16.7. The van der Waals surface area contributed by atoms with Crippen molar-refractivity contribution in [1.82, 2.24) is 5.32 Å². The summed E-state index contributed by atoms with van der Waals surface area (Å²) in [4.78, 5) is 24.9. The first-order valence-electron chi connectivity index (χ1n) is 12.5. The Bertz CT molecular complexity index is 1040. The van der Waals surface area contributed by atoms with E-state index >= 15 is 0 Å². The fourth-order valence-corrected chi connectivity index (χ4v) is 3.86. The van der Waals surface area contributed by atoms with Gasteiger partial charge in [-0.15, -0.1) is 0 Å². The third-order valence-corrected chi connectivity index (χ3v) is 6.16. The second-order valence-electron chi connectivity index (χ2n) is 9.36. The lowest BCUT2D eigenvalue weighted by Gasteiger charge is -2.31. The van der Waals surface area contributed by atoms with Crippen LogP contribution in [0.5, 0.6) is 0 Å². The number of anilines is 2. The molecule has 1 aliphatic rings. The monoisotopic (exact) mass is 495 g/mol. The van der Waals surface area contributed by atoms with E-state index in [1.807, 2.05) is 42.5 Å². The molecule has 1 heterocycles. The van der Waals surface area contributed by atoms with Crippen LogP contribution in [0.4, 0.5) is 11.4 Å². The Morgan fingerprint density at radius 2 is 1.83 bits per heavy atom. The van der Waals surface area contributed by atoms with Crippen molar-refractivity contribution in [2.24, 2.45) is 11.8 Å². The number of benzene rings is 2. The molecule has 0 bridgehead atoms. The Morgan fingerprint density at radius 3 is 2.53 bits per heavy atom. The highest BCUT2D eigenvalue weighted by Gasteiger charge is 2.29. The molecule has 3 rings (SSSR count). The SMILES string of the molecule is CC(C)[C@H]1C=C(C(=O)NCCCCC(=O)Nc2ccccc2N)O[C@@H](OCc2ccc(CO)cc2)C1. The number of carbonyl (C=O) groups excluding carboxylic acids is 2. The predicted molar refractivity (Wildman–Crippen MR) is 139 cm³/mol. The summed E-state index contributed by atoms with van der Waals surface area (Å²) in [5, 5.41) is 14.9. The average Bonchev–Trinajstić information content (AvgIpc) is 2.88. The first-order chi connectivity index (χ1) is 17.4. The Morgan fingerprint density at radius 1 is 1.11 bits per heavy atom. The molecule has 0 spiro atoms. The van der Waals surface area contributed by atoms with Gasteiger partial charge in [-0.1, -0.05) is 50.2 Å². The maximum absolute atomic E-state index is 12.8. The number of allylic oxidation sites excluding steroid dienone is 1. The van der Waals surface area contributed by atoms with E-state index < -0.39 is 6.29 Å². The van der Waals surface area contributed by atoms with E-state index in [9.17, 15) is 14.7 Å². The van der Waals surface area contributed by atoms with E-state index in [1.165, 1.54) is 0 Å². The molecule has 0 fully saturated rings. The number of nitrogen functional groups attached to an aromatic ring is 1. The molecule has 0 saturated heterocycles. The van der Waals surface area contributed by atoms with Gasteiger partial charge in [0.1, 0.15) is 0 Å². The molecule has 2 aromatic rings. The second kappa shape index (κ2) is 13.7. The third-order valence-electron chi connectivity index (χ3n) is 6.16. The maximum Gasteiger partial charge on any atom is 0.286 e. The molecular formula is C28H37N3O5. The van der Waals surface area contributed by atoms with Gasteiger partial charge in [0.05, 0.1) is 24.6 Å². The Balaban J connectivity index is 1.42. The molecule has 2 aromatic carbocycles. The van der Waals surface area contributed by atoms with Crippen LogP contribution in [0.15, 0.2) is 60.4 Å². The van der Waals surface area contributed by atoms with Gasteiger partial charge in [0.2, 0.25) is 12.2 Å². The highest BCUT2D eigenvalue weighted by Crippen LogP contribution is 2.29. The summed E-state index contributed by atoms with van der Waals surface area (Å²) in [5.74, 6) is 0.392. The minimum atomic E-state index is -0.519. The summed E-state index contributed by atoms with van der Waals surface area (Å²) in [7, 11) is 0. The maximum atomic E-state index is 12.8. The van der Waals surface area contributed by atoms with E-state index in [0.29, 0.717) is 56.1 Å². The van der Waals surface area contributed by atoms with E-state index in [2.05, 4.69) is 24.5 Å². The van der Waals surface area contributed by atoms with Crippen molar-refractivity contribution in [3.63, 3.8) is 0 Å². The van der Waals surface area contributed by atoms with Gasteiger partial charge in [-0.25, -0.2) is 0 Å². The molecule has 194 valence electrons. The number of carbonyl (C=O) groups is 2. The largest absolute Gasteiger partial charge is 0.459 e. The van der Waals surface area contributed by atoms with E-state index in [1.54, 1.807) is 12.1 Å². The Kier molecular flexibility index (Phi) is 10.3. The lowest BCUT2D eigenvalue weighted by Crippen LogP contribution is -2.34. The zero-order valence-electron chi connectivity index (χ0n) is 21.0. The van der Waals surface area contributed by atoms with Crippen LogP contribution in [0.3, 0.4) is 0 Å². The number of nitrogens with one attached hydrogen (secondary N) is 2. The van der Waals surface area contributed by atoms with Crippen molar-refractivity contribution >= 4 is 23.2 Å². The zero-order valence-corrected chi connectivity index (χ0v) is 21.0. The minimum absolute atomic E-state index is 0.00220. The predicted octanol–water partition coefficient (Wildman–Crippen LogP) is 4.11. The van der Waals surface area contributed by atoms with Crippen LogP contribution in [0.25, 0.3) is 0 Å². The summed E-state index contributed by atoms with van der Waals surface area (Å²) in [6.07, 6.45) is 3.67. The van der Waals surface area contributed by atoms with Gasteiger partial charge in [0, 0.05) is 19.4 Å². The molecule has 1 aliphatic heterocycles. The quantitative estimate of drug-likeness (QED) is 0.260. The van der Waals surface area contributed by atoms with Crippen LogP contribution in [0.1, 0.15) is 50.7 Å². The summed E-state index contributed by atoms with van der Waals surface area (Å²) in [6.45, 7) is 5.02. The lowest BCUT2D eigenvalue weighted by atomic mass is 9.90. The molecule has 0 saturated carbocycles. The van der Waals surface area contributed by atoms with Gasteiger partial charge in [0.25, 0.3) is 5.91 Å². The topological polar surface area (TPSA) is 123 Å². The van der Waals surface area contributed by atoms with Crippen molar-refractivity contribution in [3.8, 4) is 0 Å². The van der Waals surface area contributed by atoms with E-state index in [-0.39, 0.29) is 30.1 Å². The van der Waals surface area contributed by atoms with E-state index in [0.717, 1.165) is 11.1 Å². The number of aliphatic hydroxyl groups is 1. The molecular weight excluding hydrogens is 458 g/mol. The Hall–Kier alpha value is -3.36. The van der Waals surface area contributed by atoms with Crippen LogP contribution in [-0.2, 0) is 32.3 Å². The van der Waals surface area contributed by atoms with Gasteiger partial charge in [-0.05, 0) is 54.0 Å².